The van der Waals surface area contributed by atoms with Gasteiger partial charge < -0.3 is 30.1 Å². The number of carboxylic acid groups (broad SMARTS) is 1. The minimum Gasteiger partial charge on any atom is -0.496 e. The minimum atomic E-state index is -0.721. The Morgan fingerprint density at radius 3 is 2.41 bits per heavy atom. The van der Waals surface area contributed by atoms with Crippen molar-refractivity contribution in [3.05, 3.63) is 105 Å². The molecular weight excluding hydrogens is 760 g/mol. The van der Waals surface area contributed by atoms with Gasteiger partial charge in [0.1, 0.15) is 11.5 Å². The van der Waals surface area contributed by atoms with Crippen molar-refractivity contribution < 1.29 is 29.1 Å². The molecule has 3 N–H and O–H groups in total. The molecule has 1 amide bonds. The Hall–Kier alpha value is -5.50. The number of amides is 1. The SMILES string of the molecule is COc1cc(-c2cccc(-c3cccc4c3cnn4Cc3cc(OC)c(CN(C)CC4CCC(C(=O)O)CC4)cc3[N+](=O)[O-])c2Cl)ccc1CNC[C@@H]1CCC(=O)N1. The van der Waals surface area contributed by atoms with Crippen LogP contribution >= 0.6 is 11.6 Å². The van der Waals surface area contributed by atoms with Crippen LogP contribution in [0, 0.1) is 22.0 Å². The van der Waals surface area contributed by atoms with Crippen molar-refractivity contribution in [2.24, 2.45) is 11.8 Å². The molecule has 0 bridgehead atoms. The van der Waals surface area contributed by atoms with E-state index in [0.717, 1.165) is 70.3 Å². The number of carbonyl (C=O) groups is 2. The van der Waals surface area contributed by atoms with Crippen molar-refractivity contribution in [2.75, 3.05) is 34.4 Å². The van der Waals surface area contributed by atoms with Gasteiger partial charge in [0.15, 0.2) is 0 Å². The summed E-state index contributed by atoms with van der Waals surface area (Å²) in [7, 11) is 5.19. The van der Waals surface area contributed by atoms with Crippen LogP contribution in [0.15, 0.2) is 72.9 Å². The van der Waals surface area contributed by atoms with Gasteiger partial charge in [-0.05, 0) is 74.4 Å². The van der Waals surface area contributed by atoms with Crippen LogP contribution in [0.3, 0.4) is 0 Å². The van der Waals surface area contributed by atoms with Gasteiger partial charge in [-0.2, -0.15) is 5.10 Å². The van der Waals surface area contributed by atoms with Gasteiger partial charge in [0.25, 0.3) is 5.69 Å². The van der Waals surface area contributed by atoms with Crippen LogP contribution in [0.2, 0.25) is 5.02 Å². The summed E-state index contributed by atoms with van der Waals surface area (Å²) in [4.78, 5) is 37.2. The van der Waals surface area contributed by atoms with Crippen molar-refractivity contribution in [3.63, 3.8) is 0 Å². The standard InChI is InChI=1S/C44H49ClN6O7/c1-49(24-27-10-12-28(13-11-27)44(53)54)25-32-18-39(51(55)56)31(20-41(32)58-3)26-50-38-9-5-7-35(37(38)23-47-50)36-8-4-6-34(43(36)45)29-14-15-30(40(19-29)57-2)21-46-22-33-16-17-42(52)48-33/h4-9,14-15,18-20,23,27-28,33,46H,10-13,16-17,21-22,24-26H2,1-3H3,(H,48,52)(H,53,54)/t27?,28?,33-/m0/s1. The van der Waals surface area contributed by atoms with Gasteiger partial charge >= 0.3 is 5.97 Å². The summed E-state index contributed by atoms with van der Waals surface area (Å²) in [6.07, 6.45) is 6.22. The topological polar surface area (TPSA) is 161 Å². The number of hydrogen-bond donors (Lipinski definition) is 3. The van der Waals surface area contributed by atoms with Gasteiger partial charge in [0.2, 0.25) is 5.91 Å². The van der Waals surface area contributed by atoms with Crippen LogP contribution in [0.5, 0.6) is 11.5 Å². The molecule has 0 radical (unpaired) electrons. The smallest absolute Gasteiger partial charge is 0.306 e. The Morgan fingerprint density at radius 2 is 1.71 bits per heavy atom. The number of ether oxygens (including phenoxy) is 2. The predicted octanol–water partition coefficient (Wildman–Crippen LogP) is 7.69. The molecule has 2 heterocycles. The molecule has 1 aliphatic carbocycles. The van der Waals surface area contributed by atoms with E-state index < -0.39 is 5.97 Å². The van der Waals surface area contributed by atoms with E-state index in [-0.39, 0.29) is 35.0 Å². The van der Waals surface area contributed by atoms with Crippen molar-refractivity contribution in [2.45, 2.75) is 64.2 Å². The first-order valence-electron chi connectivity index (χ1n) is 19.7. The average molecular weight is 809 g/mol. The summed E-state index contributed by atoms with van der Waals surface area (Å²) >= 11 is 7.20. The highest BCUT2D eigenvalue weighted by Gasteiger charge is 2.28. The maximum atomic E-state index is 12.5. The van der Waals surface area contributed by atoms with Gasteiger partial charge in [-0.1, -0.05) is 54.1 Å². The lowest BCUT2D eigenvalue weighted by Crippen LogP contribution is -2.35. The molecule has 0 spiro atoms. The zero-order chi connectivity index (χ0) is 40.9. The number of hydrogen-bond acceptors (Lipinski definition) is 9. The van der Waals surface area contributed by atoms with Crippen LogP contribution in [0.1, 0.15) is 55.2 Å². The summed E-state index contributed by atoms with van der Waals surface area (Å²) in [6, 6.07) is 21.3. The Balaban J connectivity index is 1.10. The monoisotopic (exact) mass is 808 g/mol. The average Bonchev–Trinajstić information content (AvgIpc) is 3.83. The minimum absolute atomic E-state index is 0.0127. The number of nitrogens with one attached hydrogen (secondary N) is 2. The molecule has 1 aromatic heterocycles. The zero-order valence-corrected chi connectivity index (χ0v) is 33.8. The summed E-state index contributed by atoms with van der Waals surface area (Å²) in [5, 5.41) is 34.4. The summed E-state index contributed by atoms with van der Waals surface area (Å²) < 4.78 is 13.3. The highest BCUT2D eigenvalue weighted by Crippen LogP contribution is 2.41. The number of aromatic nitrogens is 2. The number of fused-ring (bicyclic) bond motifs is 1. The summed E-state index contributed by atoms with van der Waals surface area (Å²) in [5.74, 6) is 0.766. The number of nitro benzene ring substituents is 1. The second-order valence-electron chi connectivity index (χ2n) is 15.5. The van der Waals surface area contributed by atoms with E-state index in [4.69, 9.17) is 26.2 Å². The number of benzene rings is 4. The van der Waals surface area contributed by atoms with E-state index in [2.05, 4.69) is 15.5 Å². The first-order valence-corrected chi connectivity index (χ1v) is 20.1. The van der Waals surface area contributed by atoms with Crippen LogP contribution in [-0.2, 0) is 29.2 Å². The number of methoxy groups -OCH3 is 2. The third-order valence-electron chi connectivity index (χ3n) is 11.6. The Labute approximate surface area is 342 Å². The number of rotatable bonds is 16. The van der Waals surface area contributed by atoms with E-state index in [9.17, 15) is 24.8 Å². The second-order valence-corrected chi connectivity index (χ2v) is 15.8. The molecule has 304 valence electrons. The predicted molar refractivity (Wildman–Crippen MR) is 223 cm³/mol. The molecule has 1 saturated carbocycles. The maximum absolute atomic E-state index is 12.5. The lowest BCUT2D eigenvalue weighted by Gasteiger charge is -2.30. The molecule has 1 atom stereocenters. The van der Waals surface area contributed by atoms with Gasteiger partial charge in [0, 0.05) is 72.3 Å². The molecule has 2 fully saturated rings. The largest absolute Gasteiger partial charge is 0.496 e. The third kappa shape index (κ3) is 8.96. The van der Waals surface area contributed by atoms with E-state index in [0.29, 0.717) is 66.7 Å². The van der Waals surface area contributed by atoms with Gasteiger partial charge in [0.05, 0.1) is 53.9 Å². The zero-order valence-electron chi connectivity index (χ0n) is 33.0. The number of nitro groups is 1. The third-order valence-corrected chi connectivity index (χ3v) is 12.0. The molecule has 1 aliphatic heterocycles. The fourth-order valence-corrected chi connectivity index (χ4v) is 8.85. The molecule has 14 heteroatoms. The number of aliphatic carboxylic acids is 1. The highest BCUT2D eigenvalue weighted by molar-refractivity contribution is 6.36. The molecule has 13 nitrogen and oxygen atoms in total. The van der Waals surface area contributed by atoms with Gasteiger partial charge in [-0.15, -0.1) is 0 Å². The van der Waals surface area contributed by atoms with Crippen molar-refractivity contribution in [3.8, 4) is 33.8 Å². The fraction of sp³-hybridized carbons (Fsp3) is 0.386. The Bertz CT molecular complexity index is 2320. The normalized spacial score (nSPS) is 18.1. The Kier molecular flexibility index (Phi) is 12.6. The lowest BCUT2D eigenvalue weighted by atomic mass is 9.82. The molecule has 2 aliphatic rings. The van der Waals surface area contributed by atoms with E-state index in [1.807, 2.05) is 61.6 Å². The van der Waals surface area contributed by atoms with Crippen LogP contribution < -0.4 is 20.1 Å². The number of halogens is 1. The number of nitrogens with zero attached hydrogens (tertiary/aromatic N) is 4. The first-order chi connectivity index (χ1) is 28.0. The van der Waals surface area contributed by atoms with E-state index >= 15 is 0 Å². The summed E-state index contributed by atoms with van der Waals surface area (Å²) in [6.45, 7) is 2.64. The van der Waals surface area contributed by atoms with Gasteiger partial charge in [-0.3, -0.25) is 24.4 Å². The molecule has 7 rings (SSSR count). The quantitative estimate of drug-likeness (QED) is 0.0666. The number of carbonyl (C=O) groups excluding carboxylic acids is 1. The molecule has 5 aromatic rings. The molecular formula is C44H49ClN6O7. The maximum Gasteiger partial charge on any atom is 0.306 e. The van der Waals surface area contributed by atoms with Crippen molar-refractivity contribution >= 4 is 40.1 Å². The van der Waals surface area contributed by atoms with Crippen LogP contribution in [0.25, 0.3) is 33.2 Å². The molecule has 58 heavy (non-hydrogen) atoms. The van der Waals surface area contributed by atoms with Crippen molar-refractivity contribution in [1.82, 2.24) is 25.3 Å². The number of carboxylic acids is 1. The molecule has 1 saturated heterocycles. The molecule has 4 aromatic carbocycles. The van der Waals surface area contributed by atoms with Crippen LogP contribution in [0.4, 0.5) is 5.69 Å². The fourth-order valence-electron chi connectivity index (χ4n) is 8.51. The second kappa shape index (κ2) is 18.0. The van der Waals surface area contributed by atoms with Gasteiger partial charge in [-0.25, -0.2) is 0 Å². The summed E-state index contributed by atoms with van der Waals surface area (Å²) in [5.41, 5.74) is 6.40. The lowest BCUT2D eigenvalue weighted by molar-refractivity contribution is -0.385. The van der Waals surface area contributed by atoms with Crippen molar-refractivity contribution in [1.29, 1.82) is 0 Å². The van der Waals surface area contributed by atoms with E-state index in [1.54, 1.807) is 37.2 Å². The highest BCUT2D eigenvalue weighted by atomic mass is 35.5. The van der Waals surface area contributed by atoms with E-state index in [1.165, 1.54) is 0 Å². The molecule has 0 unspecified atom stereocenters. The van der Waals surface area contributed by atoms with Crippen LogP contribution in [-0.4, -0.2) is 77.0 Å². The Morgan fingerprint density at radius 1 is 0.983 bits per heavy atom. The first kappa shape index (κ1) is 40.7.